The monoisotopic (exact) mass is 417 g/mol. The van der Waals surface area contributed by atoms with Crippen molar-refractivity contribution in [3.63, 3.8) is 0 Å². The molecule has 1 aromatic heterocycles. The van der Waals surface area contributed by atoms with Crippen molar-refractivity contribution in [2.45, 2.75) is 19.1 Å². The highest BCUT2D eigenvalue weighted by atomic mass is 19.4. The van der Waals surface area contributed by atoms with Crippen molar-refractivity contribution in [1.82, 2.24) is 15.1 Å². The van der Waals surface area contributed by atoms with Crippen LogP contribution in [0.2, 0.25) is 0 Å². The largest absolute Gasteiger partial charge is 0.467 e. The molecular formula is C21H18F3N3O3. The van der Waals surface area contributed by atoms with E-state index in [1.807, 2.05) is 0 Å². The predicted molar refractivity (Wildman–Crippen MR) is 102 cm³/mol. The number of hydrogen-bond acceptors (Lipinski definition) is 4. The van der Waals surface area contributed by atoms with Crippen LogP contribution in [-0.2, 0) is 15.7 Å². The van der Waals surface area contributed by atoms with Crippen LogP contribution in [0.4, 0.5) is 13.2 Å². The van der Waals surface area contributed by atoms with Gasteiger partial charge in [-0.3, -0.25) is 4.79 Å². The van der Waals surface area contributed by atoms with Crippen molar-refractivity contribution in [1.29, 1.82) is 0 Å². The summed E-state index contributed by atoms with van der Waals surface area (Å²) in [4.78, 5) is 24.9. The average molecular weight is 417 g/mol. The first-order valence-corrected chi connectivity index (χ1v) is 8.88. The number of rotatable bonds is 5. The molecule has 1 amide bonds. The third-order valence-corrected chi connectivity index (χ3v) is 4.52. The standard InChI is InChI=1S/C21H18F3N3O3/c1-13-17(12-25-27(13)16-10-6-9-15(11-16)21(22,23)24)19(28)26-18(20(29)30-2)14-7-4-3-5-8-14/h3-12,18H,1-2H3,(H,26,28). The first-order valence-electron chi connectivity index (χ1n) is 8.88. The van der Waals surface area contributed by atoms with Crippen LogP contribution >= 0.6 is 0 Å². The maximum Gasteiger partial charge on any atom is 0.416 e. The highest BCUT2D eigenvalue weighted by Crippen LogP contribution is 2.30. The number of ether oxygens (including phenoxy) is 1. The SMILES string of the molecule is COC(=O)C(NC(=O)c1cnn(-c2cccc(C(F)(F)F)c2)c1C)c1ccccc1. The number of methoxy groups -OCH3 is 1. The van der Waals surface area contributed by atoms with E-state index >= 15 is 0 Å². The zero-order chi connectivity index (χ0) is 21.9. The Hall–Kier alpha value is -3.62. The maximum absolute atomic E-state index is 13.0. The van der Waals surface area contributed by atoms with E-state index in [9.17, 15) is 22.8 Å². The quantitative estimate of drug-likeness (QED) is 0.640. The lowest BCUT2D eigenvalue weighted by molar-refractivity contribution is -0.143. The van der Waals surface area contributed by atoms with Gasteiger partial charge in [0.05, 0.1) is 35.8 Å². The van der Waals surface area contributed by atoms with E-state index in [4.69, 9.17) is 4.74 Å². The Morgan fingerprint density at radius 3 is 2.43 bits per heavy atom. The van der Waals surface area contributed by atoms with Gasteiger partial charge in [-0.1, -0.05) is 36.4 Å². The molecule has 0 bridgehead atoms. The first kappa shape index (κ1) is 21.1. The Morgan fingerprint density at radius 2 is 1.80 bits per heavy atom. The topological polar surface area (TPSA) is 73.2 Å². The minimum absolute atomic E-state index is 0.122. The molecule has 0 aliphatic carbocycles. The van der Waals surface area contributed by atoms with Crippen LogP contribution in [0.3, 0.4) is 0 Å². The van der Waals surface area contributed by atoms with Gasteiger partial charge in [0.25, 0.3) is 5.91 Å². The number of hydrogen-bond donors (Lipinski definition) is 1. The fraction of sp³-hybridized carbons (Fsp3) is 0.190. The number of carbonyl (C=O) groups is 2. The van der Waals surface area contributed by atoms with E-state index in [1.54, 1.807) is 37.3 Å². The number of amides is 1. The Morgan fingerprint density at radius 1 is 1.10 bits per heavy atom. The van der Waals surface area contributed by atoms with E-state index < -0.39 is 29.7 Å². The summed E-state index contributed by atoms with van der Waals surface area (Å²) in [6, 6.07) is 12.1. The van der Waals surface area contributed by atoms with Gasteiger partial charge in [0, 0.05) is 0 Å². The van der Waals surface area contributed by atoms with Gasteiger partial charge in [0.1, 0.15) is 0 Å². The summed E-state index contributed by atoms with van der Waals surface area (Å²) in [6.07, 6.45) is -3.26. The summed E-state index contributed by atoms with van der Waals surface area (Å²) in [5.74, 6) is -1.26. The summed E-state index contributed by atoms with van der Waals surface area (Å²) in [7, 11) is 1.21. The molecule has 1 unspecified atom stereocenters. The Kier molecular flexibility index (Phi) is 5.91. The summed E-state index contributed by atoms with van der Waals surface area (Å²) in [6.45, 7) is 1.55. The molecule has 1 atom stereocenters. The Balaban J connectivity index is 1.90. The zero-order valence-electron chi connectivity index (χ0n) is 16.1. The van der Waals surface area contributed by atoms with Crippen LogP contribution in [0, 0.1) is 6.92 Å². The number of nitrogens with one attached hydrogen (secondary N) is 1. The van der Waals surface area contributed by atoms with Crippen molar-refractivity contribution in [2.24, 2.45) is 0 Å². The molecule has 0 aliphatic rings. The van der Waals surface area contributed by atoms with Crippen LogP contribution in [0.15, 0.2) is 60.8 Å². The van der Waals surface area contributed by atoms with E-state index in [-0.39, 0.29) is 11.3 Å². The lowest BCUT2D eigenvalue weighted by Crippen LogP contribution is -2.34. The molecule has 6 nitrogen and oxygen atoms in total. The van der Waals surface area contributed by atoms with Crippen molar-refractivity contribution in [2.75, 3.05) is 7.11 Å². The number of nitrogens with zero attached hydrogens (tertiary/aromatic N) is 2. The zero-order valence-corrected chi connectivity index (χ0v) is 16.1. The molecule has 0 aliphatic heterocycles. The minimum atomic E-state index is -4.50. The fourth-order valence-corrected chi connectivity index (χ4v) is 2.96. The summed E-state index contributed by atoms with van der Waals surface area (Å²) < 4.78 is 45.0. The second-order valence-electron chi connectivity index (χ2n) is 6.44. The van der Waals surface area contributed by atoms with E-state index in [0.717, 1.165) is 12.1 Å². The molecule has 0 radical (unpaired) electrons. The highest BCUT2D eigenvalue weighted by Gasteiger charge is 2.31. The van der Waals surface area contributed by atoms with Gasteiger partial charge in [-0.05, 0) is 30.7 Å². The second kappa shape index (κ2) is 8.40. The normalized spacial score (nSPS) is 12.3. The lowest BCUT2D eigenvalue weighted by Gasteiger charge is -2.17. The molecule has 0 fully saturated rings. The maximum atomic E-state index is 13.0. The van der Waals surface area contributed by atoms with Gasteiger partial charge in [0.15, 0.2) is 6.04 Å². The lowest BCUT2D eigenvalue weighted by atomic mass is 10.1. The molecule has 9 heteroatoms. The number of carbonyl (C=O) groups excluding carboxylic acids is 2. The Labute approximate surface area is 170 Å². The molecule has 3 rings (SSSR count). The molecule has 2 aromatic carbocycles. The van der Waals surface area contributed by atoms with Crippen molar-refractivity contribution >= 4 is 11.9 Å². The average Bonchev–Trinajstić information content (AvgIpc) is 3.13. The fourth-order valence-electron chi connectivity index (χ4n) is 2.96. The number of halogens is 3. The molecule has 1 N–H and O–H groups in total. The molecule has 3 aromatic rings. The molecular weight excluding hydrogens is 399 g/mol. The van der Waals surface area contributed by atoms with Crippen molar-refractivity contribution in [3.05, 3.63) is 83.2 Å². The van der Waals surface area contributed by atoms with Crippen molar-refractivity contribution < 1.29 is 27.5 Å². The first-order chi connectivity index (χ1) is 14.2. The molecule has 0 spiro atoms. The third-order valence-electron chi connectivity index (χ3n) is 4.52. The highest BCUT2D eigenvalue weighted by molar-refractivity contribution is 5.97. The summed E-state index contributed by atoms with van der Waals surface area (Å²) in [5.41, 5.74) is 0.311. The molecule has 156 valence electrons. The number of benzene rings is 2. The van der Waals surface area contributed by atoms with Gasteiger partial charge in [-0.2, -0.15) is 18.3 Å². The van der Waals surface area contributed by atoms with Gasteiger partial charge < -0.3 is 10.1 Å². The van der Waals surface area contributed by atoms with Gasteiger partial charge in [0.2, 0.25) is 0 Å². The predicted octanol–water partition coefficient (Wildman–Crippen LogP) is 3.84. The summed E-state index contributed by atoms with van der Waals surface area (Å²) >= 11 is 0. The smallest absolute Gasteiger partial charge is 0.416 e. The number of alkyl halides is 3. The van der Waals surface area contributed by atoms with E-state index in [0.29, 0.717) is 11.3 Å². The van der Waals surface area contributed by atoms with Gasteiger partial charge >= 0.3 is 12.1 Å². The van der Waals surface area contributed by atoms with Gasteiger partial charge in [-0.25, -0.2) is 9.48 Å². The molecule has 1 heterocycles. The van der Waals surface area contributed by atoms with E-state index in [2.05, 4.69) is 10.4 Å². The molecule has 30 heavy (non-hydrogen) atoms. The van der Waals surface area contributed by atoms with Crippen LogP contribution < -0.4 is 5.32 Å². The molecule has 0 saturated heterocycles. The summed E-state index contributed by atoms with van der Waals surface area (Å²) in [5, 5.41) is 6.64. The number of aromatic nitrogens is 2. The van der Waals surface area contributed by atoms with Gasteiger partial charge in [-0.15, -0.1) is 0 Å². The second-order valence-corrected chi connectivity index (χ2v) is 6.44. The third kappa shape index (κ3) is 4.35. The number of esters is 1. The Bertz CT molecular complexity index is 1060. The minimum Gasteiger partial charge on any atom is -0.467 e. The molecule has 0 saturated carbocycles. The van der Waals surface area contributed by atoms with Crippen LogP contribution in [0.1, 0.15) is 33.2 Å². The van der Waals surface area contributed by atoms with Crippen LogP contribution in [-0.4, -0.2) is 28.8 Å². The van der Waals surface area contributed by atoms with Crippen LogP contribution in [0.5, 0.6) is 0 Å². The van der Waals surface area contributed by atoms with Crippen molar-refractivity contribution in [3.8, 4) is 5.69 Å². The van der Waals surface area contributed by atoms with Crippen LogP contribution in [0.25, 0.3) is 5.69 Å². The van der Waals surface area contributed by atoms with E-state index in [1.165, 1.54) is 30.1 Å².